The molecular formula is C12H9BrClNO. The molecule has 2 nitrogen and oxygen atoms in total. The van der Waals surface area contributed by atoms with Crippen molar-refractivity contribution in [2.75, 3.05) is 0 Å². The highest BCUT2D eigenvalue weighted by Gasteiger charge is 2.01. The first-order valence-corrected chi connectivity index (χ1v) is 5.90. The van der Waals surface area contributed by atoms with E-state index in [4.69, 9.17) is 16.3 Å². The molecule has 2 rings (SSSR count). The van der Waals surface area contributed by atoms with Crippen molar-refractivity contribution in [2.45, 2.75) is 6.61 Å². The van der Waals surface area contributed by atoms with E-state index in [-0.39, 0.29) is 0 Å². The van der Waals surface area contributed by atoms with E-state index in [1.165, 1.54) is 0 Å². The van der Waals surface area contributed by atoms with Crippen LogP contribution in [0.25, 0.3) is 0 Å². The summed E-state index contributed by atoms with van der Waals surface area (Å²) >= 11 is 9.17. The smallest absolute Gasteiger partial charge is 0.228 e. The van der Waals surface area contributed by atoms with Crippen LogP contribution in [0.3, 0.4) is 0 Å². The molecule has 0 aliphatic carbocycles. The van der Waals surface area contributed by atoms with Crippen molar-refractivity contribution in [2.24, 2.45) is 0 Å². The molecule has 0 N–H and O–H groups in total. The highest BCUT2D eigenvalue weighted by Crippen LogP contribution is 2.22. The fourth-order valence-corrected chi connectivity index (χ4v) is 1.71. The van der Waals surface area contributed by atoms with E-state index in [2.05, 4.69) is 20.9 Å². The van der Waals surface area contributed by atoms with Crippen LogP contribution in [0.2, 0.25) is 5.02 Å². The van der Waals surface area contributed by atoms with Gasteiger partial charge < -0.3 is 4.74 Å². The Balaban J connectivity index is 2.02. The van der Waals surface area contributed by atoms with E-state index in [1.54, 1.807) is 6.20 Å². The molecule has 1 aromatic heterocycles. The van der Waals surface area contributed by atoms with E-state index in [9.17, 15) is 0 Å². The van der Waals surface area contributed by atoms with Gasteiger partial charge >= 0.3 is 0 Å². The molecule has 0 amide bonds. The molecule has 82 valence electrons. The quantitative estimate of drug-likeness (QED) is 0.852. The van der Waals surface area contributed by atoms with Crippen LogP contribution in [0.5, 0.6) is 5.88 Å². The second-order valence-electron chi connectivity index (χ2n) is 3.21. The zero-order chi connectivity index (χ0) is 11.4. The fraction of sp³-hybridized carbons (Fsp3) is 0.0833. The fourth-order valence-electron chi connectivity index (χ4n) is 1.21. The Morgan fingerprint density at radius 1 is 1.19 bits per heavy atom. The first-order chi connectivity index (χ1) is 7.75. The van der Waals surface area contributed by atoms with Crippen molar-refractivity contribution >= 4 is 27.5 Å². The van der Waals surface area contributed by atoms with Crippen molar-refractivity contribution < 1.29 is 4.74 Å². The highest BCUT2D eigenvalue weighted by molar-refractivity contribution is 9.10. The number of rotatable bonds is 3. The van der Waals surface area contributed by atoms with Crippen molar-refractivity contribution in [1.82, 2.24) is 4.98 Å². The first-order valence-electron chi connectivity index (χ1n) is 4.73. The zero-order valence-electron chi connectivity index (χ0n) is 8.36. The largest absolute Gasteiger partial charge is 0.472 e. The number of pyridine rings is 1. The average Bonchev–Trinajstić information content (AvgIpc) is 2.30. The number of ether oxygens (including phenoxy) is 1. The molecule has 0 atom stereocenters. The van der Waals surface area contributed by atoms with Crippen LogP contribution in [0.15, 0.2) is 47.1 Å². The van der Waals surface area contributed by atoms with E-state index in [0.717, 1.165) is 15.1 Å². The molecule has 0 bridgehead atoms. The predicted molar refractivity (Wildman–Crippen MR) is 67.7 cm³/mol. The van der Waals surface area contributed by atoms with Crippen molar-refractivity contribution in [3.05, 3.63) is 57.7 Å². The topological polar surface area (TPSA) is 22.1 Å². The normalized spacial score (nSPS) is 10.1. The maximum atomic E-state index is 5.79. The van der Waals surface area contributed by atoms with Crippen molar-refractivity contribution in [1.29, 1.82) is 0 Å². The number of benzene rings is 1. The molecule has 16 heavy (non-hydrogen) atoms. The van der Waals surface area contributed by atoms with Gasteiger partial charge in [-0.1, -0.05) is 23.7 Å². The molecule has 0 aliphatic heterocycles. The van der Waals surface area contributed by atoms with Crippen LogP contribution in [0, 0.1) is 0 Å². The summed E-state index contributed by atoms with van der Waals surface area (Å²) in [5.74, 6) is 0.595. The van der Waals surface area contributed by atoms with Gasteiger partial charge in [-0.15, -0.1) is 0 Å². The summed E-state index contributed by atoms with van der Waals surface area (Å²) in [7, 11) is 0. The van der Waals surface area contributed by atoms with Crippen LogP contribution in [0.4, 0.5) is 0 Å². The Hall–Kier alpha value is -1.06. The SMILES string of the molecule is Clc1ccc(COc2ncccc2Br)cc1. The Bertz CT molecular complexity index is 473. The van der Waals surface area contributed by atoms with Crippen LogP contribution in [-0.4, -0.2) is 4.98 Å². The molecule has 2 aromatic rings. The number of hydrogen-bond acceptors (Lipinski definition) is 2. The van der Waals surface area contributed by atoms with Gasteiger partial charge in [-0.2, -0.15) is 0 Å². The van der Waals surface area contributed by atoms with Crippen LogP contribution < -0.4 is 4.74 Å². The number of hydrogen-bond donors (Lipinski definition) is 0. The van der Waals surface area contributed by atoms with Crippen molar-refractivity contribution in [3.8, 4) is 5.88 Å². The van der Waals surface area contributed by atoms with E-state index < -0.39 is 0 Å². The van der Waals surface area contributed by atoms with Crippen LogP contribution >= 0.6 is 27.5 Å². The van der Waals surface area contributed by atoms with Gasteiger partial charge in [0.1, 0.15) is 6.61 Å². The molecular weight excluding hydrogens is 289 g/mol. The molecule has 0 radical (unpaired) electrons. The Morgan fingerprint density at radius 2 is 1.94 bits per heavy atom. The summed E-state index contributed by atoms with van der Waals surface area (Å²) in [4.78, 5) is 4.12. The minimum absolute atomic E-state index is 0.479. The molecule has 0 spiro atoms. The van der Waals surface area contributed by atoms with E-state index in [1.807, 2.05) is 36.4 Å². The highest BCUT2D eigenvalue weighted by atomic mass is 79.9. The lowest BCUT2D eigenvalue weighted by atomic mass is 10.2. The lowest BCUT2D eigenvalue weighted by Gasteiger charge is -2.06. The third-order valence-electron chi connectivity index (χ3n) is 2.01. The van der Waals surface area contributed by atoms with Crippen LogP contribution in [0.1, 0.15) is 5.56 Å². The standard InChI is InChI=1S/C12H9BrClNO/c13-11-2-1-7-15-12(11)16-8-9-3-5-10(14)6-4-9/h1-7H,8H2. The van der Waals surface area contributed by atoms with Gasteiger partial charge in [0.2, 0.25) is 5.88 Å². The molecule has 0 saturated heterocycles. The summed E-state index contributed by atoms with van der Waals surface area (Å²) < 4.78 is 6.41. The van der Waals surface area contributed by atoms with Gasteiger partial charge in [0.15, 0.2) is 0 Å². The lowest BCUT2D eigenvalue weighted by Crippen LogP contribution is -1.97. The summed E-state index contributed by atoms with van der Waals surface area (Å²) in [6, 6.07) is 11.3. The average molecular weight is 299 g/mol. The minimum atomic E-state index is 0.479. The number of nitrogens with zero attached hydrogens (tertiary/aromatic N) is 1. The Morgan fingerprint density at radius 3 is 2.62 bits per heavy atom. The third-order valence-corrected chi connectivity index (χ3v) is 2.87. The monoisotopic (exact) mass is 297 g/mol. The number of halogens is 2. The van der Waals surface area contributed by atoms with Crippen LogP contribution in [-0.2, 0) is 6.61 Å². The number of aromatic nitrogens is 1. The van der Waals surface area contributed by atoms with Gasteiger partial charge in [0.05, 0.1) is 4.47 Å². The maximum Gasteiger partial charge on any atom is 0.228 e. The maximum absolute atomic E-state index is 5.79. The predicted octanol–water partition coefficient (Wildman–Crippen LogP) is 4.08. The van der Waals surface area contributed by atoms with Gasteiger partial charge in [0.25, 0.3) is 0 Å². The Kier molecular flexibility index (Phi) is 3.80. The minimum Gasteiger partial charge on any atom is -0.472 e. The Labute approximate surface area is 107 Å². The summed E-state index contributed by atoms with van der Waals surface area (Å²) in [5, 5.41) is 0.725. The molecule has 4 heteroatoms. The summed E-state index contributed by atoms with van der Waals surface area (Å²) in [6.07, 6.45) is 1.70. The van der Waals surface area contributed by atoms with Gasteiger partial charge in [-0.25, -0.2) is 4.98 Å². The molecule has 1 aromatic carbocycles. The summed E-state index contributed by atoms with van der Waals surface area (Å²) in [6.45, 7) is 0.479. The molecule has 0 saturated carbocycles. The molecule has 0 fully saturated rings. The zero-order valence-corrected chi connectivity index (χ0v) is 10.7. The van der Waals surface area contributed by atoms with Gasteiger partial charge in [-0.05, 0) is 45.8 Å². The molecule has 0 unspecified atom stereocenters. The van der Waals surface area contributed by atoms with E-state index in [0.29, 0.717) is 12.5 Å². The van der Waals surface area contributed by atoms with E-state index >= 15 is 0 Å². The lowest BCUT2D eigenvalue weighted by molar-refractivity contribution is 0.292. The van der Waals surface area contributed by atoms with Gasteiger partial charge in [0, 0.05) is 11.2 Å². The van der Waals surface area contributed by atoms with Gasteiger partial charge in [-0.3, -0.25) is 0 Å². The summed E-state index contributed by atoms with van der Waals surface area (Å²) in [5.41, 5.74) is 1.06. The van der Waals surface area contributed by atoms with Crippen molar-refractivity contribution in [3.63, 3.8) is 0 Å². The first kappa shape index (κ1) is 11.4. The molecule has 0 aliphatic rings. The second-order valence-corrected chi connectivity index (χ2v) is 4.50. The molecule has 1 heterocycles. The second kappa shape index (κ2) is 5.32. The third kappa shape index (κ3) is 2.97.